The van der Waals surface area contributed by atoms with Gasteiger partial charge < -0.3 is 5.32 Å². The predicted octanol–water partition coefficient (Wildman–Crippen LogP) is 2.34. The maximum Gasteiger partial charge on any atom is 0.129 e. The number of nitrogens with zero attached hydrogens (tertiary/aromatic N) is 3. The fraction of sp³-hybridized carbons (Fsp3) is 0.471. The highest BCUT2D eigenvalue weighted by Crippen LogP contribution is 2.30. The molecule has 0 bridgehead atoms. The van der Waals surface area contributed by atoms with Crippen LogP contribution in [0.2, 0.25) is 0 Å². The van der Waals surface area contributed by atoms with Gasteiger partial charge in [0.05, 0.1) is 5.69 Å². The van der Waals surface area contributed by atoms with Gasteiger partial charge in [-0.3, -0.25) is 4.90 Å². The van der Waals surface area contributed by atoms with E-state index in [0.717, 1.165) is 24.7 Å². The van der Waals surface area contributed by atoms with Crippen LogP contribution in [0.25, 0.3) is 5.69 Å². The number of likely N-dealkylation sites (tertiary alicyclic amines) is 1. The number of aromatic nitrogens is 2. The third-order valence-corrected chi connectivity index (χ3v) is 4.70. The van der Waals surface area contributed by atoms with Gasteiger partial charge in [-0.15, -0.1) is 0 Å². The molecular weight excluding hydrogens is 279 g/mol. The lowest BCUT2D eigenvalue weighted by atomic mass is 10.1. The first-order chi connectivity index (χ1) is 10.8. The molecule has 1 aromatic carbocycles. The Morgan fingerprint density at radius 2 is 2.14 bits per heavy atom. The van der Waals surface area contributed by atoms with Crippen LogP contribution < -0.4 is 5.32 Å². The average molecular weight is 300 g/mol. The van der Waals surface area contributed by atoms with Gasteiger partial charge in [-0.05, 0) is 37.5 Å². The summed E-state index contributed by atoms with van der Waals surface area (Å²) < 4.78 is 16.0. The summed E-state index contributed by atoms with van der Waals surface area (Å²) in [6, 6.07) is 8.31. The third-order valence-electron chi connectivity index (χ3n) is 4.70. The molecule has 22 heavy (non-hydrogen) atoms. The molecule has 116 valence electrons. The van der Waals surface area contributed by atoms with E-state index in [-0.39, 0.29) is 5.82 Å². The Balaban J connectivity index is 1.46. The highest BCUT2D eigenvalue weighted by atomic mass is 19.1. The second-order valence-electron chi connectivity index (χ2n) is 6.28. The fourth-order valence-corrected chi connectivity index (χ4v) is 3.32. The Kier molecular flexibility index (Phi) is 3.68. The van der Waals surface area contributed by atoms with Gasteiger partial charge in [-0.2, -0.15) is 5.10 Å². The van der Waals surface area contributed by atoms with Crippen molar-refractivity contribution in [2.45, 2.75) is 37.9 Å². The molecule has 1 N–H and O–H groups in total. The zero-order valence-electron chi connectivity index (χ0n) is 12.6. The topological polar surface area (TPSA) is 33.1 Å². The Hall–Kier alpha value is -1.72. The highest BCUT2D eigenvalue weighted by Gasteiger charge is 2.34. The van der Waals surface area contributed by atoms with Crippen LogP contribution in [0.4, 0.5) is 4.39 Å². The molecule has 2 aromatic rings. The van der Waals surface area contributed by atoms with Crippen molar-refractivity contribution >= 4 is 0 Å². The summed E-state index contributed by atoms with van der Waals surface area (Å²) >= 11 is 0. The van der Waals surface area contributed by atoms with Crippen molar-refractivity contribution in [3.05, 3.63) is 48.0 Å². The highest BCUT2D eigenvalue weighted by molar-refractivity contribution is 5.41. The van der Waals surface area contributed by atoms with E-state index in [1.165, 1.54) is 25.5 Å². The van der Waals surface area contributed by atoms with E-state index in [2.05, 4.69) is 15.3 Å². The molecule has 1 unspecified atom stereocenters. The van der Waals surface area contributed by atoms with Gasteiger partial charge in [-0.25, -0.2) is 9.07 Å². The number of hydrogen-bond acceptors (Lipinski definition) is 3. The van der Waals surface area contributed by atoms with Crippen LogP contribution in [-0.4, -0.2) is 39.9 Å². The van der Waals surface area contributed by atoms with Crippen molar-refractivity contribution < 1.29 is 4.39 Å². The van der Waals surface area contributed by atoms with Gasteiger partial charge in [0.15, 0.2) is 0 Å². The van der Waals surface area contributed by atoms with E-state index in [1.54, 1.807) is 16.9 Å². The molecule has 2 fully saturated rings. The zero-order valence-corrected chi connectivity index (χ0v) is 12.6. The van der Waals surface area contributed by atoms with Crippen LogP contribution in [0.1, 0.15) is 24.8 Å². The van der Waals surface area contributed by atoms with E-state index < -0.39 is 0 Å². The summed E-state index contributed by atoms with van der Waals surface area (Å²) in [5, 5.41) is 7.76. The van der Waals surface area contributed by atoms with E-state index >= 15 is 0 Å². The maximum absolute atomic E-state index is 14.2. The predicted molar refractivity (Wildman–Crippen MR) is 83.4 cm³/mol. The standard InChI is InChI=1S/C17H21FN4/c18-16-3-1-4-17(22-9-2-8-20-22)15(16)11-19-13-7-10-21(12-13)14-5-6-14/h1-4,8-9,13-14,19H,5-7,10-12H2. The molecule has 0 radical (unpaired) electrons. The molecule has 5 heteroatoms. The molecule has 0 amide bonds. The number of rotatable bonds is 5. The molecule has 4 nitrogen and oxygen atoms in total. The molecule has 2 heterocycles. The van der Waals surface area contributed by atoms with Crippen molar-refractivity contribution in [3.63, 3.8) is 0 Å². The van der Waals surface area contributed by atoms with Crippen LogP contribution in [0, 0.1) is 5.82 Å². The van der Waals surface area contributed by atoms with E-state index in [0.29, 0.717) is 18.2 Å². The number of halogens is 1. The molecular formula is C17H21FN4. The van der Waals surface area contributed by atoms with Crippen LogP contribution >= 0.6 is 0 Å². The van der Waals surface area contributed by atoms with Gasteiger partial charge in [0.25, 0.3) is 0 Å². The van der Waals surface area contributed by atoms with Gasteiger partial charge in [-0.1, -0.05) is 6.07 Å². The van der Waals surface area contributed by atoms with Gasteiger partial charge in [0.2, 0.25) is 0 Å². The summed E-state index contributed by atoms with van der Waals surface area (Å²) in [4.78, 5) is 2.56. The van der Waals surface area contributed by atoms with Crippen LogP contribution in [0.5, 0.6) is 0 Å². The van der Waals surface area contributed by atoms with Gasteiger partial charge in [0, 0.05) is 49.7 Å². The molecule has 1 saturated carbocycles. The molecule has 1 aliphatic heterocycles. The minimum Gasteiger partial charge on any atom is -0.308 e. The van der Waals surface area contributed by atoms with Gasteiger partial charge in [0.1, 0.15) is 5.82 Å². The Bertz CT molecular complexity index is 636. The van der Waals surface area contributed by atoms with Crippen molar-refractivity contribution in [3.8, 4) is 5.69 Å². The Morgan fingerprint density at radius 1 is 1.23 bits per heavy atom. The summed E-state index contributed by atoms with van der Waals surface area (Å²) in [7, 11) is 0. The minimum absolute atomic E-state index is 0.169. The monoisotopic (exact) mass is 300 g/mol. The SMILES string of the molecule is Fc1cccc(-n2cccn2)c1CNC1CCN(C2CC2)C1. The minimum atomic E-state index is -0.169. The van der Waals surface area contributed by atoms with E-state index in [4.69, 9.17) is 0 Å². The first-order valence-electron chi connectivity index (χ1n) is 8.06. The smallest absolute Gasteiger partial charge is 0.129 e. The first kappa shape index (κ1) is 13.9. The fourth-order valence-electron chi connectivity index (χ4n) is 3.32. The number of nitrogens with one attached hydrogen (secondary N) is 1. The maximum atomic E-state index is 14.2. The van der Waals surface area contributed by atoms with Crippen LogP contribution in [-0.2, 0) is 6.54 Å². The Morgan fingerprint density at radius 3 is 2.91 bits per heavy atom. The molecule has 1 aliphatic carbocycles. The van der Waals surface area contributed by atoms with E-state index in [1.807, 2.05) is 18.3 Å². The normalized spacial score (nSPS) is 22.3. The van der Waals surface area contributed by atoms with Crippen molar-refractivity contribution in [1.29, 1.82) is 0 Å². The van der Waals surface area contributed by atoms with Crippen molar-refractivity contribution in [2.75, 3.05) is 13.1 Å². The molecule has 2 aliphatic rings. The lowest BCUT2D eigenvalue weighted by Gasteiger charge is -2.17. The van der Waals surface area contributed by atoms with Gasteiger partial charge >= 0.3 is 0 Å². The molecule has 4 rings (SSSR count). The van der Waals surface area contributed by atoms with Crippen LogP contribution in [0.3, 0.4) is 0 Å². The van der Waals surface area contributed by atoms with Crippen LogP contribution in [0.15, 0.2) is 36.7 Å². The summed E-state index contributed by atoms with van der Waals surface area (Å²) in [6.07, 6.45) is 7.42. The molecule has 1 aromatic heterocycles. The lowest BCUT2D eigenvalue weighted by Crippen LogP contribution is -2.33. The summed E-state index contributed by atoms with van der Waals surface area (Å²) in [5.74, 6) is -0.169. The van der Waals surface area contributed by atoms with Crippen molar-refractivity contribution in [2.24, 2.45) is 0 Å². The molecule has 0 spiro atoms. The summed E-state index contributed by atoms with van der Waals surface area (Å²) in [6.45, 7) is 2.81. The number of benzene rings is 1. The average Bonchev–Trinajstić information content (AvgIpc) is 3.04. The van der Waals surface area contributed by atoms with Crippen molar-refractivity contribution in [1.82, 2.24) is 20.0 Å². The molecule has 1 atom stereocenters. The quantitative estimate of drug-likeness (QED) is 0.920. The Labute approximate surface area is 129 Å². The number of hydrogen-bond donors (Lipinski definition) is 1. The second-order valence-corrected chi connectivity index (χ2v) is 6.28. The summed E-state index contributed by atoms with van der Waals surface area (Å²) in [5.41, 5.74) is 1.51. The third kappa shape index (κ3) is 2.78. The first-order valence-corrected chi connectivity index (χ1v) is 8.06. The van der Waals surface area contributed by atoms with E-state index in [9.17, 15) is 4.39 Å². The lowest BCUT2D eigenvalue weighted by molar-refractivity contribution is 0.317. The zero-order chi connectivity index (χ0) is 14.9. The molecule has 1 saturated heterocycles. The second kappa shape index (κ2) is 5.82. The largest absolute Gasteiger partial charge is 0.308 e.